The molecule has 2 heteroatoms. The van der Waals surface area contributed by atoms with Gasteiger partial charge in [-0.3, -0.25) is 0 Å². The van der Waals surface area contributed by atoms with Gasteiger partial charge < -0.3 is 10.2 Å². The van der Waals surface area contributed by atoms with E-state index in [1.807, 2.05) is 0 Å². The average molecular weight is 266 g/mol. The van der Waals surface area contributed by atoms with E-state index < -0.39 is 0 Å². The molecule has 3 aliphatic rings. The van der Waals surface area contributed by atoms with E-state index in [0.717, 1.165) is 0 Å². The Bertz CT molecular complexity index is 546. The highest BCUT2D eigenvalue weighted by Gasteiger charge is 2.48. The van der Waals surface area contributed by atoms with Crippen molar-refractivity contribution in [1.29, 1.82) is 0 Å². The van der Waals surface area contributed by atoms with Crippen molar-refractivity contribution < 1.29 is 10.2 Å². The molecule has 0 amide bonds. The van der Waals surface area contributed by atoms with E-state index in [-0.39, 0.29) is 36.9 Å². The third-order valence-corrected chi connectivity index (χ3v) is 5.16. The van der Waals surface area contributed by atoms with Gasteiger partial charge in [-0.1, -0.05) is 48.5 Å². The van der Waals surface area contributed by atoms with Crippen LogP contribution in [0.3, 0.4) is 0 Å². The van der Waals surface area contributed by atoms with Crippen molar-refractivity contribution in [3.8, 4) is 0 Å². The largest absolute Gasteiger partial charge is 0.396 e. The zero-order valence-corrected chi connectivity index (χ0v) is 11.2. The Morgan fingerprint density at radius 1 is 0.600 bits per heavy atom. The van der Waals surface area contributed by atoms with Gasteiger partial charge in [-0.05, 0) is 34.1 Å². The lowest BCUT2D eigenvalue weighted by Crippen LogP contribution is -2.43. The first-order valence-electron chi connectivity index (χ1n) is 7.26. The van der Waals surface area contributed by atoms with Gasteiger partial charge >= 0.3 is 0 Å². The molecule has 0 heterocycles. The quantitative estimate of drug-likeness (QED) is 0.876. The van der Waals surface area contributed by atoms with Crippen molar-refractivity contribution in [2.24, 2.45) is 11.8 Å². The summed E-state index contributed by atoms with van der Waals surface area (Å²) in [6.07, 6.45) is 0. The zero-order valence-electron chi connectivity index (χ0n) is 11.2. The Balaban J connectivity index is 2.01. The molecule has 20 heavy (non-hydrogen) atoms. The zero-order chi connectivity index (χ0) is 13.7. The number of fused-ring (bicyclic) bond motifs is 1. The third kappa shape index (κ3) is 1.41. The van der Waals surface area contributed by atoms with Crippen LogP contribution in [-0.4, -0.2) is 23.4 Å². The third-order valence-electron chi connectivity index (χ3n) is 5.16. The van der Waals surface area contributed by atoms with E-state index >= 15 is 0 Å². The fourth-order valence-corrected chi connectivity index (χ4v) is 4.39. The molecule has 2 bridgehead atoms. The van der Waals surface area contributed by atoms with Gasteiger partial charge in [0.05, 0.1) is 0 Å². The minimum Gasteiger partial charge on any atom is -0.396 e. The lowest BCUT2D eigenvalue weighted by Gasteiger charge is -2.49. The summed E-state index contributed by atoms with van der Waals surface area (Å²) < 4.78 is 0. The molecule has 0 aliphatic heterocycles. The molecule has 2 aromatic carbocycles. The van der Waals surface area contributed by atoms with Crippen LogP contribution in [-0.2, 0) is 0 Å². The highest BCUT2D eigenvalue weighted by Crippen LogP contribution is 2.57. The van der Waals surface area contributed by atoms with Crippen molar-refractivity contribution in [2.45, 2.75) is 11.8 Å². The monoisotopic (exact) mass is 266 g/mol. The first-order valence-corrected chi connectivity index (χ1v) is 7.26. The maximum absolute atomic E-state index is 9.85. The highest BCUT2D eigenvalue weighted by atomic mass is 16.3. The molecule has 2 nitrogen and oxygen atoms in total. The number of benzene rings is 2. The Labute approximate surface area is 118 Å². The van der Waals surface area contributed by atoms with Gasteiger partial charge in [0.1, 0.15) is 0 Å². The summed E-state index contributed by atoms with van der Waals surface area (Å²) in [5.41, 5.74) is 5.33. The molecular formula is C18H18O2. The number of hydrogen-bond donors (Lipinski definition) is 2. The number of hydrogen-bond acceptors (Lipinski definition) is 2. The molecule has 0 saturated carbocycles. The molecule has 2 N–H and O–H groups in total. The van der Waals surface area contributed by atoms with Gasteiger partial charge in [0.2, 0.25) is 0 Å². The molecule has 2 atom stereocenters. The van der Waals surface area contributed by atoms with Crippen LogP contribution in [0.5, 0.6) is 0 Å². The van der Waals surface area contributed by atoms with Gasteiger partial charge in [-0.2, -0.15) is 0 Å². The molecule has 3 aliphatic carbocycles. The SMILES string of the molecule is OC[C@@H]1C2c3ccccc3C(c3ccccc32)[C@H]1CO. The Hall–Kier alpha value is -1.64. The van der Waals surface area contributed by atoms with Crippen LogP contribution < -0.4 is 0 Å². The molecule has 5 rings (SSSR count). The van der Waals surface area contributed by atoms with Crippen molar-refractivity contribution in [1.82, 2.24) is 0 Å². The van der Waals surface area contributed by atoms with Crippen LogP contribution in [0.1, 0.15) is 34.1 Å². The van der Waals surface area contributed by atoms with Crippen LogP contribution in [0.4, 0.5) is 0 Å². The van der Waals surface area contributed by atoms with Crippen LogP contribution in [0.15, 0.2) is 48.5 Å². The number of aliphatic hydroxyl groups excluding tert-OH is 2. The molecule has 0 aromatic heterocycles. The van der Waals surface area contributed by atoms with E-state index in [1.165, 1.54) is 22.3 Å². The van der Waals surface area contributed by atoms with Crippen molar-refractivity contribution in [3.05, 3.63) is 70.8 Å². The predicted molar refractivity (Wildman–Crippen MR) is 77.7 cm³/mol. The lowest BCUT2D eigenvalue weighted by atomic mass is 9.54. The Kier molecular flexibility index (Phi) is 2.69. The first-order chi connectivity index (χ1) is 9.86. The summed E-state index contributed by atoms with van der Waals surface area (Å²) in [7, 11) is 0. The van der Waals surface area contributed by atoms with Gasteiger partial charge in [0.15, 0.2) is 0 Å². The van der Waals surface area contributed by atoms with Crippen LogP contribution in [0.25, 0.3) is 0 Å². The van der Waals surface area contributed by atoms with Crippen molar-refractivity contribution in [2.75, 3.05) is 13.2 Å². The molecular weight excluding hydrogens is 248 g/mol. The normalized spacial score (nSPS) is 29.9. The summed E-state index contributed by atoms with van der Waals surface area (Å²) in [5.74, 6) is 0.675. The molecule has 0 unspecified atom stereocenters. The second kappa shape index (κ2) is 4.44. The smallest absolute Gasteiger partial charge is 0.0472 e. The number of aliphatic hydroxyl groups is 2. The summed E-state index contributed by atoms with van der Waals surface area (Å²) >= 11 is 0. The van der Waals surface area contributed by atoms with Crippen LogP contribution in [0.2, 0.25) is 0 Å². The minimum absolute atomic E-state index is 0.120. The summed E-state index contributed by atoms with van der Waals surface area (Å²) in [4.78, 5) is 0. The van der Waals surface area contributed by atoms with Gasteiger partial charge in [-0.25, -0.2) is 0 Å². The van der Waals surface area contributed by atoms with Crippen molar-refractivity contribution >= 4 is 0 Å². The molecule has 0 fully saturated rings. The summed E-state index contributed by atoms with van der Waals surface area (Å²) in [6.45, 7) is 0.268. The molecule has 0 radical (unpaired) electrons. The average Bonchev–Trinajstić information content (AvgIpc) is 2.53. The molecule has 2 aromatic rings. The predicted octanol–water partition coefficient (Wildman–Crippen LogP) is 2.49. The summed E-state index contributed by atoms with van der Waals surface area (Å²) in [5, 5.41) is 19.7. The Morgan fingerprint density at radius 3 is 1.15 bits per heavy atom. The Morgan fingerprint density at radius 2 is 0.900 bits per heavy atom. The maximum Gasteiger partial charge on any atom is 0.0472 e. The van der Waals surface area contributed by atoms with E-state index in [0.29, 0.717) is 0 Å². The first kappa shape index (κ1) is 12.1. The van der Waals surface area contributed by atoms with Crippen molar-refractivity contribution in [3.63, 3.8) is 0 Å². The van der Waals surface area contributed by atoms with Crippen LogP contribution in [0, 0.1) is 11.8 Å². The number of rotatable bonds is 2. The second-order valence-electron chi connectivity index (χ2n) is 5.91. The van der Waals surface area contributed by atoms with E-state index in [2.05, 4.69) is 48.5 Å². The lowest BCUT2D eigenvalue weighted by molar-refractivity contribution is 0.0809. The van der Waals surface area contributed by atoms with Gasteiger partial charge in [0, 0.05) is 25.0 Å². The van der Waals surface area contributed by atoms with E-state index in [4.69, 9.17) is 0 Å². The van der Waals surface area contributed by atoms with E-state index in [9.17, 15) is 10.2 Å². The highest BCUT2D eigenvalue weighted by molar-refractivity contribution is 5.56. The molecule has 102 valence electrons. The van der Waals surface area contributed by atoms with Gasteiger partial charge in [-0.15, -0.1) is 0 Å². The summed E-state index contributed by atoms with van der Waals surface area (Å²) in [6, 6.07) is 17.0. The fraction of sp³-hybridized carbons (Fsp3) is 0.333. The maximum atomic E-state index is 9.85. The minimum atomic E-state index is 0.120. The second-order valence-corrected chi connectivity index (χ2v) is 5.91. The fourth-order valence-electron chi connectivity index (χ4n) is 4.39. The van der Waals surface area contributed by atoms with Crippen LogP contribution >= 0.6 is 0 Å². The standard InChI is InChI=1S/C18H18O2/c19-9-15-16(10-20)18-12-6-2-1-5-11(12)17(15)13-7-3-4-8-14(13)18/h1-8,15-20H,9-10H2/t15-,16-,17?,18?/m0/s1. The molecule has 0 saturated heterocycles. The van der Waals surface area contributed by atoms with E-state index in [1.54, 1.807) is 0 Å². The topological polar surface area (TPSA) is 40.5 Å². The van der Waals surface area contributed by atoms with Gasteiger partial charge in [0.25, 0.3) is 0 Å². The molecule has 0 spiro atoms.